The van der Waals surface area contributed by atoms with Gasteiger partial charge in [0.15, 0.2) is 5.58 Å². The first-order chi connectivity index (χ1) is 32.1. The molecule has 3 aliphatic rings. The van der Waals surface area contributed by atoms with E-state index < -0.39 is 0 Å². The largest absolute Gasteiger partial charge is 0.454 e. The van der Waals surface area contributed by atoms with E-state index in [2.05, 4.69) is 222 Å². The first-order valence-corrected chi connectivity index (χ1v) is 25.6. The van der Waals surface area contributed by atoms with Crippen LogP contribution in [0.2, 0.25) is 0 Å². The zero-order valence-electron chi connectivity index (χ0n) is 43.1. The molecule has 1 saturated carbocycles. The minimum atomic E-state index is -0.178. The summed E-state index contributed by atoms with van der Waals surface area (Å²) in [6.45, 7) is 30.6. The third-order valence-electron chi connectivity index (χ3n) is 16.5. The van der Waals surface area contributed by atoms with Crippen molar-refractivity contribution in [2.24, 2.45) is 0 Å². The Bertz CT molecular complexity index is 3290. The lowest BCUT2D eigenvalue weighted by molar-refractivity contribution is 0.442. The topological polar surface area (TPSA) is 16.4 Å². The van der Waals surface area contributed by atoms with Gasteiger partial charge in [-0.3, -0.25) is 0 Å². The van der Waals surface area contributed by atoms with Gasteiger partial charge in [0, 0.05) is 33.0 Å². The summed E-state index contributed by atoms with van der Waals surface area (Å²) in [5.74, 6) is 0.458. The highest BCUT2D eigenvalue weighted by atomic mass is 16.3. The molecule has 11 rings (SSSR count). The summed E-state index contributed by atoms with van der Waals surface area (Å²) >= 11 is 0. The fraction of sp³-hybridized carbons (Fsp3) is 0.364. The third kappa shape index (κ3) is 7.10. The molecule has 346 valence electrons. The molecule has 1 fully saturated rings. The Kier molecular flexibility index (Phi) is 10.1. The highest BCUT2D eigenvalue weighted by molar-refractivity contribution is 6.12. The van der Waals surface area contributed by atoms with Crippen molar-refractivity contribution in [2.75, 3.05) is 4.90 Å². The second-order valence-electron chi connectivity index (χ2n) is 24.9. The third-order valence-corrected chi connectivity index (χ3v) is 16.5. The van der Waals surface area contributed by atoms with E-state index in [1.807, 2.05) is 0 Å². The maximum absolute atomic E-state index is 7.51. The van der Waals surface area contributed by atoms with Crippen LogP contribution < -0.4 is 4.90 Å². The number of benzene rings is 7. The summed E-state index contributed by atoms with van der Waals surface area (Å²) in [5, 5.41) is 2.38. The van der Waals surface area contributed by atoms with E-state index in [1.54, 1.807) is 0 Å². The van der Waals surface area contributed by atoms with Crippen LogP contribution in [0, 0.1) is 0 Å². The van der Waals surface area contributed by atoms with E-state index >= 15 is 0 Å². The van der Waals surface area contributed by atoms with E-state index in [0.29, 0.717) is 5.92 Å². The second kappa shape index (κ2) is 15.3. The molecule has 0 N–H and O–H groups in total. The van der Waals surface area contributed by atoms with Crippen LogP contribution in [0.25, 0.3) is 55.3 Å². The molecule has 1 aromatic heterocycles. The van der Waals surface area contributed by atoms with Gasteiger partial charge in [-0.15, -0.1) is 0 Å². The first kappa shape index (κ1) is 44.6. The average Bonchev–Trinajstić information content (AvgIpc) is 3.88. The normalized spacial score (nSPS) is 16.5. The van der Waals surface area contributed by atoms with Gasteiger partial charge < -0.3 is 9.32 Å². The van der Waals surface area contributed by atoms with Gasteiger partial charge in [0.05, 0.1) is 5.69 Å². The lowest BCUT2D eigenvalue weighted by Gasteiger charge is -2.30. The minimum Gasteiger partial charge on any atom is -0.454 e. The molecule has 0 unspecified atom stereocenters. The summed E-state index contributed by atoms with van der Waals surface area (Å²) in [6, 6.07) is 49.8. The SMILES string of the molecule is CC(C)(C)c1cc(-c2cc(C3CCCCC3)c3oc4c(N(c5ccc6c(c5)C(C)(C)c5ccccc5-6)c5ccc6c(c5)C(C)(C)c5cc(C(C)(C)C)ccc5-6)cccc4c3c2)cc(C(C)(C)C)c1. The number of furan rings is 1. The molecule has 3 aliphatic carbocycles. The molecule has 0 amide bonds. The van der Waals surface area contributed by atoms with Gasteiger partial charge in [-0.2, -0.15) is 0 Å². The molecule has 1 heterocycles. The molecule has 0 aliphatic heterocycles. The van der Waals surface area contributed by atoms with Crippen molar-refractivity contribution in [2.45, 2.75) is 155 Å². The van der Waals surface area contributed by atoms with Gasteiger partial charge in [0.25, 0.3) is 0 Å². The highest BCUT2D eigenvalue weighted by Gasteiger charge is 2.39. The van der Waals surface area contributed by atoms with Crippen LogP contribution in [0.5, 0.6) is 0 Å². The van der Waals surface area contributed by atoms with Crippen molar-refractivity contribution >= 4 is 39.0 Å². The maximum Gasteiger partial charge on any atom is 0.159 e. The lowest BCUT2D eigenvalue weighted by Crippen LogP contribution is -2.19. The van der Waals surface area contributed by atoms with Crippen LogP contribution in [0.3, 0.4) is 0 Å². The molecule has 2 heteroatoms. The number of nitrogens with zero attached hydrogens (tertiary/aromatic N) is 1. The quantitative estimate of drug-likeness (QED) is 0.171. The van der Waals surface area contributed by atoms with Crippen molar-refractivity contribution in [3.05, 3.63) is 172 Å². The van der Waals surface area contributed by atoms with E-state index in [1.165, 1.54) is 121 Å². The van der Waals surface area contributed by atoms with Crippen LogP contribution in [-0.2, 0) is 27.1 Å². The van der Waals surface area contributed by atoms with Gasteiger partial charge in [0.2, 0.25) is 0 Å². The van der Waals surface area contributed by atoms with E-state index in [9.17, 15) is 0 Å². The number of rotatable bonds is 5. The Hall–Kier alpha value is -5.86. The van der Waals surface area contributed by atoms with Crippen LogP contribution in [0.15, 0.2) is 132 Å². The minimum absolute atomic E-state index is 0.0213. The van der Waals surface area contributed by atoms with Gasteiger partial charge in [0.1, 0.15) is 5.58 Å². The van der Waals surface area contributed by atoms with E-state index in [0.717, 1.165) is 28.2 Å². The Labute approximate surface area is 406 Å². The van der Waals surface area contributed by atoms with Crippen molar-refractivity contribution in [3.8, 4) is 33.4 Å². The number of para-hydroxylation sites is 1. The summed E-state index contributed by atoms with van der Waals surface area (Å²) in [6.07, 6.45) is 6.23. The zero-order chi connectivity index (χ0) is 47.9. The zero-order valence-corrected chi connectivity index (χ0v) is 43.1. The van der Waals surface area contributed by atoms with Gasteiger partial charge in [-0.05, 0) is 155 Å². The molecule has 7 aromatic carbocycles. The molecule has 0 bridgehead atoms. The Morgan fingerprint density at radius 1 is 0.441 bits per heavy atom. The Morgan fingerprint density at radius 3 is 1.57 bits per heavy atom. The number of fused-ring (bicyclic) bond motifs is 9. The van der Waals surface area contributed by atoms with Crippen molar-refractivity contribution in [3.63, 3.8) is 0 Å². The monoisotopic (exact) mass is 894 g/mol. The van der Waals surface area contributed by atoms with Gasteiger partial charge >= 0.3 is 0 Å². The summed E-state index contributed by atoms with van der Waals surface area (Å²) in [5.41, 5.74) is 24.1. The molecular weight excluding hydrogens is 823 g/mol. The number of hydrogen-bond donors (Lipinski definition) is 0. The molecule has 2 nitrogen and oxygen atoms in total. The van der Waals surface area contributed by atoms with Crippen LogP contribution in [0.4, 0.5) is 17.1 Å². The maximum atomic E-state index is 7.51. The fourth-order valence-electron chi connectivity index (χ4n) is 12.2. The summed E-state index contributed by atoms with van der Waals surface area (Å²) in [4.78, 5) is 2.51. The van der Waals surface area contributed by atoms with Crippen molar-refractivity contribution < 1.29 is 4.42 Å². The van der Waals surface area contributed by atoms with Crippen LogP contribution in [0.1, 0.15) is 173 Å². The Morgan fingerprint density at radius 2 is 0.971 bits per heavy atom. The first-order valence-electron chi connectivity index (χ1n) is 25.6. The standard InChI is InChI=1S/C66H71NO/c1-62(2,3)43-26-29-49-51-31-28-47(39-58(51)66(12,13)56(49)37-43)67(46-27-30-50-48-22-17-18-24-55(48)65(10,11)57(50)38-46)59-25-19-23-52-54-35-42(34-53(60(54)68-61(52)59)40-20-15-14-16-21-40)41-32-44(63(4,5)6)36-45(33-41)64(7,8)9/h17-19,22-40H,14-16,20-21H2,1-13H3. The predicted molar refractivity (Wildman–Crippen MR) is 291 cm³/mol. The van der Waals surface area contributed by atoms with Crippen LogP contribution in [-0.4, -0.2) is 0 Å². The molecule has 0 radical (unpaired) electrons. The molecule has 0 saturated heterocycles. The lowest BCUT2D eigenvalue weighted by atomic mass is 9.78. The van der Waals surface area contributed by atoms with Gasteiger partial charge in [-0.1, -0.05) is 194 Å². The summed E-state index contributed by atoms with van der Waals surface area (Å²) < 4.78 is 7.51. The van der Waals surface area contributed by atoms with Crippen molar-refractivity contribution in [1.82, 2.24) is 0 Å². The molecule has 0 spiro atoms. The molecule has 0 atom stereocenters. The molecular formula is C66H71NO. The second-order valence-corrected chi connectivity index (χ2v) is 24.9. The predicted octanol–water partition coefficient (Wildman–Crippen LogP) is 19.3. The Balaban J connectivity index is 1.15. The van der Waals surface area contributed by atoms with E-state index in [4.69, 9.17) is 4.42 Å². The smallest absolute Gasteiger partial charge is 0.159 e. The molecule has 8 aromatic rings. The number of hydrogen-bond acceptors (Lipinski definition) is 2. The molecule has 68 heavy (non-hydrogen) atoms. The van der Waals surface area contributed by atoms with Crippen molar-refractivity contribution in [1.29, 1.82) is 0 Å². The number of anilines is 3. The highest BCUT2D eigenvalue weighted by Crippen LogP contribution is 2.55. The average molecular weight is 894 g/mol. The fourth-order valence-corrected chi connectivity index (χ4v) is 12.2. The summed E-state index contributed by atoms with van der Waals surface area (Å²) in [7, 11) is 0. The van der Waals surface area contributed by atoms with E-state index in [-0.39, 0.29) is 27.1 Å². The van der Waals surface area contributed by atoms with Crippen LogP contribution >= 0.6 is 0 Å². The van der Waals surface area contributed by atoms with Gasteiger partial charge in [-0.25, -0.2) is 0 Å².